The molecule has 108 valence electrons. The lowest BCUT2D eigenvalue weighted by Gasteiger charge is -2.23. The van der Waals surface area contributed by atoms with Crippen LogP contribution in [-0.2, 0) is 0 Å². The molecule has 0 radical (unpaired) electrons. The number of hydrogen-bond acceptors (Lipinski definition) is 5. The molecule has 1 aliphatic rings. The van der Waals surface area contributed by atoms with E-state index in [0.717, 1.165) is 36.1 Å². The van der Waals surface area contributed by atoms with Gasteiger partial charge in [0, 0.05) is 11.4 Å². The van der Waals surface area contributed by atoms with Crippen molar-refractivity contribution in [3.8, 4) is 0 Å². The molecule has 0 bridgehead atoms. The van der Waals surface area contributed by atoms with Crippen LogP contribution in [0.5, 0.6) is 0 Å². The van der Waals surface area contributed by atoms with E-state index in [1.54, 1.807) is 11.3 Å². The Morgan fingerprint density at radius 3 is 2.90 bits per heavy atom. The highest BCUT2D eigenvalue weighted by molar-refractivity contribution is 7.18. The third kappa shape index (κ3) is 2.65. The first kappa shape index (κ1) is 13.8. The Bertz CT molecular complexity index is 614. The Balaban J connectivity index is 1.86. The third-order valence-corrected chi connectivity index (χ3v) is 5.20. The zero-order valence-electron chi connectivity index (χ0n) is 12.4. The lowest BCUT2D eigenvalue weighted by atomic mass is 10.00. The van der Waals surface area contributed by atoms with Gasteiger partial charge in [-0.1, -0.05) is 0 Å². The molecule has 0 spiro atoms. The fourth-order valence-corrected chi connectivity index (χ4v) is 3.90. The molecule has 1 unspecified atom stereocenters. The van der Waals surface area contributed by atoms with Crippen LogP contribution in [0.3, 0.4) is 0 Å². The summed E-state index contributed by atoms with van der Waals surface area (Å²) in [7, 11) is 0. The van der Waals surface area contributed by atoms with E-state index in [9.17, 15) is 0 Å². The van der Waals surface area contributed by atoms with Gasteiger partial charge in [0.1, 0.15) is 16.5 Å². The highest BCUT2D eigenvalue weighted by atomic mass is 32.1. The van der Waals surface area contributed by atoms with Gasteiger partial charge >= 0.3 is 0 Å². The minimum atomic E-state index is 0.703. The summed E-state index contributed by atoms with van der Waals surface area (Å²) in [6.07, 6.45) is 2.58. The Morgan fingerprint density at radius 2 is 2.15 bits per heavy atom. The maximum atomic E-state index is 4.62. The summed E-state index contributed by atoms with van der Waals surface area (Å²) in [5.41, 5.74) is 1.31. The number of nitrogens with one attached hydrogen (secondary N) is 2. The van der Waals surface area contributed by atoms with Gasteiger partial charge in [0.05, 0.1) is 5.39 Å². The van der Waals surface area contributed by atoms with Crippen LogP contribution in [0.1, 0.15) is 29.1 Å². The van der Waals surface area contributed by atoms with Crippen molar-refractivity contribution in [3.63, 3.8) is 0 Å². The van der Waals surface area contributed by atoms with Gasteiger partial charge in [0.15, 0.2) is 0 Å². The van der Waals surface area contributed by atoms with E-state index in [4.69, 9.17) is 0 Å². The number of fused-ring (bicyclic) bond motifs is 1. The summed E-state index contributed by atoms with van der Waals surface area (Å²) in [6, 6.07) is 0. The number of nitrogens with zero attached hydrogens (tertiary/aromatic N) is 2. The second kappa shape index (κ2) is 5.66. The zero-order chi connectivity index (χ0) is 14.1. The fraction of sp³-hybridized carbons (Fsp3) is 0.600. The van der Waals surface area contributed by atoms with Crippen LogP contribution in [0.4, 0.5) is 5.82 Å². The number of hydrogen-bond donors (Lipinski definition) is 2. The number of piperidine rings is 1. The molecule has 0 amide bonds. The second-order valence-electron chi connectivity index (χ2n) is 5.68. The Kier molecular flexibility index (Phi) is 3.89. The number of aromatic nitrogens is 2. The topological polar surface area (TPSA) is 49.8 Å². The van der Waals surface area contributed by atoms with Crippen molar-refractivity contribution in [1.29, 1.82) is 0 Å². The summed E-state index contributed by atoms with van der Waals surface area (Å²) in [5.74, 6) is 2.57. The van der Waals surface area contributed by atoms with Crippen LogP contribution in [-0.4, -0.2) is 29.6 Å². The number of anilines is 1. The highest BCUT2D eigenvalue weighted by Gasteiger charge is 2.16. The van der Waals surface area contributed by atoms with Crippen molar-refractivity contribution in [2.45, 2.75) is 33.6 Å². The van der Waals surface area contributed by atoms with Gasteiger partial charge in [-0.15, -0.1) is 11.3 Å². The molecule has 4 nitrogen and oxygen atoms in total. The highest BCUT2D eigenvalue weighted by Crippen LogP contribution is 2.33. The molecule has 0 aliphatic carbocycles. The molecule has 2 aromatic rings. The monoisotopic (exact) mass is 290 g/mol. The SMILES string of the molecule is Cc1nc(NCC2CCCNC2)c2c(C)c(C)sc2n1. The van der Waals surface area contributed by atoms with Crippen molar-refractivity contribution >= 4 is 27.4 Å². The quantitative estimate of drug-likeness (QED) is 0.912. The summed E-state index contributed by atoms with van der Waals surface area (Å²) in [4.78, 5) is 11.6. The second-order valence-corrected chi connectivity index (χ2v) is 6.88. The van der Waals surface area contributed by atoms with Gasteiger partial charge in [-0.2, -0.15) is 0 Å². The van der Waals surface area contributed by atoms with Crippen LogP contribution in [0.25, 0.3) is 10.2 Å². The molecule has 3 heterocycles. The smallest absolute Gasteiger partial charge is 0.138 e. The van der Waals surface area contributed by atoms with Crippen LogP contribution >= 0.6 is 11.3 Å². The molecule has 0 aromatic carbocycles. The average Bonchev–Trinajstić information content (AvgIpc) is 2.72. The molecule has 1 saturated heterocycles. The van der Waals surface area contributed by atoms with Crippen molar-refractivity contribution < 1.29 is 0 Å². The number of rotatable bonds is 3. The maximum absolute atomic E-state index is 4.62. The molecule has 2 aromatic heterocycles. The van der Waals surface area contributed by atoms with Gasteiger partial charge in [0.25, 0.3) is 0 Å². The van der Waals surface area contributed by atoms with E-state index >= 15 is 0 Å². The molecule has 5 heteroatoms. The predicted octanol–water partition coefficient (Wildman–Crippen LogP) is 3.03. The zero-order valence-corrected chi connectivity index (χ0v) is 13.2. The molecule has 3 rings (SSSR count). The van der Waals surface area contributed by atoms with E-state index in [-0.39, 0.29) is 0 Å². The first-order valence-corrected chi connectivity index (χ1v) is 8.15. The molecule has 1 fully saturated rings. The van der Waals surface area contributed by atoms with Crippen LogP contribution in [0, 0.1) is 26.7 Å². The average molecular weight is 290 g/mol. The summed E-state index contributed by atoms with van der Waals surface area (Å²) < 4.78 is 0. The largest absolute Gasteiger partial charge is 0.369 e. The van der Waals surface area contributed by atoms with E-state index < -0.39 is 0 Å². The first-order valence-electron chi connectivity index (χ1n) is 7.34. The molecular formula is C15H22N4S. The molecular weight excluding hydrogens is 268 g/mol. The van der Waals surface area contributed by atoms with Crippen molar-refractivity contribution in [3.05, 3.63) is 16.3 Å². The van der Waals surface area contributed by atoms with Gasteiger partial charge in [-0.05, 0) is 58.2 Å². The fourth-order valence-electron chi connectivity index (χ4n) is 2.82. The maximum Gasteiger partial charge on any atom is 0.138 e. The van der Waals surface area contributed by atoms with Crippen molar-refractivity contribution in [2.75, 3.05) is 25.0 Å². The molecule has 1 aliphatic heterocycles. The van der Waals surface area contributed by atoms with Crippen LogP contribution in [0.2, 0.25) is 0 Å². The minimum Gasteiger partial charge on any atom is -0.369 e. The van der Waals surface area contributed by atoms with Gasteiger partial charge in [0.2, 0.25) is 0 Å². The lowest BCUT2D eigenvalue weighted by molar-refractivity contribution is 0.392. The lowest BCUT2D eigenvalue weighted by Crippen LogP contribution is -2.33. The van der Waals surface area contributed by atoms with Crippen molar-refractivity contribution in [2.24, 2.45) is 5.92 Å². The Labute approximate surface area is 124 Å². The predicted molar refractivity (Wildman–Crippen MR) is 85.7 cm³/mol. The minimum absolute atomic E-state index is 0.703. The third-order valence-electron chi connectivity index (χ3n) is 4.10. The van der Waals surface area contributed by atoms with Gasteiger partial charge in [-0.25, -0.2) is 9.97 Å². The van der Waals surface area contributed by atoms with Gasteiger partial charge < -0.3 is 10.6 Å². The molecule has 1 atom stereocenters. The van der Waals surface area contributed by atoms with E-state index in [1.807, 2.05) is 6.92 Å². The van der Waals surface area contributed by atoms with E-state index in [0.29, 0.717) is 5.92 Å². The van der Waals surface area contributed by atoms with Gasteiger partial charge in [-0.3, -0.25) is 0 Å². The summed E-state index contributed by atoms with van der Waals surface area (Å²) in [5, 5.41) is 8.24. The van der Waals surface area contributed by atoms with Crippen LogP contribution in [0.15, 0.2) is 0 Å². The summed E-state index contributed by atoms with van der Waals surface area (Å²) in [6.45, 7) is 9.56. The number of aryl methyl sites for hydroxylation is 3. The van der Waals surface area contributed by atoms with E-state index in [2.05, 4.69) is 34.4 Å². The molecule has 0 saturated carbocycles. The van der Waals surface area contributed by atoms with E-state index in [1.165, 1.54) is 28.7 Å². The van der Waals surface area contributed by atoms with Crippen LogP contribution < -0.4 is 10.6 Å². The number of thiophene rings is 1. The Morgan fingerprint density at radius 1 is 1.30 bits per heavy atom. The molecule has 2 N–H and O–H groups in total. The molecule has 20 heavy (non-hydrogen) atoms. The Hall–Kier alpha value is -1.20. The normalized spacial score (nSPS) is 19.4. The first-order chi connectivity index (χ1) is 9.65. The summed E-state index contributed by atoms with van der Waals surface area (Å²) >= 11 is 1.77. The van der Waals surface area contributed by atoms with Crippen molar-refractivity contribution in [1.82, 2.24) is 15.3 Å². The standard InChI is InChI=1S/C15H22N4S/c1-9-10(2)20-15-13(9)14(18-11(3)19-15)17-8-12-5-4-6-16-7-12/h12,16H,4-8H2,1-3H3,(H,17,18,19).